The summed E-state index contributed by atoms with van der Waals surface area (Å²) < 4.78 is 5.55. The minimum atomic E-state index is 0.740. The second kappa shape index (κ2) is 7.48. The molecule has 0 radical (unpaired) electrons. The molecule has 2 heterocycles. The molecule has 0 saturated carbocycles. The predicted molar refractivity (Wildman–Crippen MR) is 116 cm³/mol. The molecule has 1 aliphatic carbocycles. The predicted octanol–water partition coefficient (Wildman–Crippen LogP) is 5.07. The van der Waals surface area contributed by atoms with Gasteiger partial charge in [0.1, 0.15) is 5.75 Å². The fourth-order valence-corrected chi connectivity index (χ4v) is 4.97. The summed E-state index contributed by atoms with van der Waals surface area (Å²) in [5, 5.41) is 1.35. The van der Waals surface area contributed by atoms with Gasteiger partial charge >= 0.3 is 0 Å². The summed E-state index contributed by atoms with van der Waals surface area (Å²) in [6.45, 7) is 3.45. The van der Waals surface area contributed by atoms with Crippen LogP contribution in [0.4, 0.5) is 0 Å². The zero-order valence-electron chi connectivity index (χ0n) is 16.6. The van der Waals surface area contributed by atoms with E-state index in [1.165, 1.54) is 59.2 Å². The molecule has 1 atom stereocenters. The summed E-state index contributed by atoms with van der Waals surface area (Å²) in [7, 11) is 1.75. The van der Waals surface area contributed by atoms with Crippen LogP contribution < -0.4 is 4.74 Å². The van der Waals surface area contributed by atoms with Gasteiger partial charge in [0.25, 0.3) is 0 Å². The highest BCUT2D eigenvalue weighted by molar-refractivity contribution is 5.89. The van der Waals surface area contributed by atoms with E-state index in [0.29, 0.717) is 0 Å². The molecule has 0 spiro atoms. The average Bonchev–Trinajstić information content (AvgIpc) is 3.13. The molecule has 1 unspecified atom stereocenters. The van der Waals surface area contributed by atoms with Crippen molar-refractivity contribution in [3.63, 3.8) is 0 Å². The van der Waals surface area contributed by atoms with Crippen LogP contribution in [0, 0.1) is 5.92 Å². The van der Waals surface area contributed by atoms with E-state index in [0.717, 1.165) is 31.1 Å². The first kappa shape index (κ1) is 17.6. The summed E-state index contributed by atoms with van der Waals surface area (Å²) in [5.74, 6) is 1.70. The number of aromatic nitrogens is 1. The van der Waals surface area contributed by atoms with Crippen LogP contribution in [-0.4, -0.2) is 36.6 Å². The van der Waals surface area contributed by atoms with E-state index in [9.17, 15) is 0 Å². The number of hydrogen-bond acceptors (Lipinski definition) is 2. The Morgan fingerprint density at radius 3 is 2.75 bits per heavy atom. The molecule has 1 aromatic heterocycles. The van der Waals surface area contributed by atoms with Crippen LogP contribution in [0.15, 0.2) is 54.6 Å². The maximum atomic E-state index is 5.55. The van der Waals surface area contributed by atoms with Crippen LogP contribution in [-0.2, 0) is 12.8 Å². The number of benzene rings is 2. The first-order valence-corrected chi connectivity index (χ1v) is 10.4. The number of methoxy groups -OCH3 is 1. The van der Waals surface area contributed by atoms with Crippen molar-refractivity contribution >= 4 is 16.5 Å². The van der Waals surface area contributed by atoms with Gasteiger partial charge in [-0.1, -0.05) is 48.5 Å². The van der Waals surface area contributed by atoms with E-state index in [1.54, 1.807) is 7.11 Å². The molecule has 144 valence electrons. The maximum absolute atomic E-state index is 5.55. The molecule has 2 aromatic carbocycles. The Morgan fingerprint density at radius 1 is 1.07 bits per heavy atom. The first-order chi connectivity index (χ1) is 13.8. The molecular formula is C25H28N2O. The van der Waals surface area contributed by atoms with Gasteiger partial charge in [-0.15, -0.1) is 0 Å². The highest BCUT2D eigenvalue weighted by atomic mass is 16.5. The molecule has 0 saturated heterocycles. The number of aromatic amines is 1. The fraction of sp³-hybridized carbons (Fsp3) is 0.360. The number of H-pyrrole nitrogens is 1. The molecule has 1 aliphatic heterocycles. The third kappa shape index (κ3) is 3.24. The maximum Gasteiger partial charge on any atom is 0.142 e. The fourth-order valence-electron chi connectivity index (χ4n) is 4.97. The third-order valence-electron chi connectivity index (χ3n) is 6.46. The van der Waals surface area contributed by atoms with E-state index >= 15 is 0 Å². The van der Waals surface area contributed by atoms with Crippen molar-refractivity contribution in [1.29, 1.82) is 0 Å². The topological polar surface area (TPSA) is 28.3 Å². The van der Waals surface area contributed by atoms with Crippen LogP contribution in [0.25, 0.3) is 16.5 Å². The molecule has 2 aliphatic rings. The second-order valence-corrected chi connectivity index (χ2v) is 8.18. The number of hydrogen-bond donors (Lipinski definition) is 1. The SMILES string of the molecule is COc1cccc2c3c([nH]c12)CCC(CN1CC=C(c2ccccc2)CC1)C3. The number of fused-ring (bicyclic) bond motifs is 3. The lowest BCUT2D eigenvalue weighted by Gasteiger charge is -2.32. The van der Waals surface area contributed by atoms with Gasteiger partial charge in [0.2, 0.25) is 0 Å². The smallest absolute Gasteiger partial charge is 0.142 e. The van der Waals surface area contributed by atoms with Gasteiger partial charge in [0, 0.05) is 30.7 Å². The highest BCUT2D eigenvalue weighted by Crippen LogP contribution is 2.36. The van der Waals surface area contributed by atoms with Crippen molar-refractivity contribution in [2.75, 3.05) is 26.7 Å². The van der Waals surface area contributed by atoms with Crippen LogP contribution in [0.2, 0.25) is 0 Å². The zero-order chi connectivity index (χ0) is 18.9. The third-order valence-corrected chi connectivity index (χ3v) is 6.46. The van der Waals surface area contributed by atoms with Crippen molar-refractivity contribution in [2.24, 2.45) is 5.92 Å². The molecule has 0 bridgehead atoms. The van der Waals surface area contributed by atoms with Crippen molar-refractivity contribution in [2.45, 2.75) is 25.7 Å². The summed E-state index contributed by atoms with van der Waals surface area (Å²) in [5.41, 5.74) is 7.00. The molecule has 3 aromatic rings. The largest absolute Gasteiger partial charge is 0.495 e. The van der Waals surface area contributed by atoms with E-state index in [1.807, 2.05) is 6.07 Å². The number of ether oxygens (including phenoxy) is 1. The minimum absolute atomic E-state index is 0.740. The van der Waals surface area contributed by atoms with Crippen LogP contribution in [0.1, 0.15) is 29.7 Å². The minimum Gasteiger partial charge on any atom is -0.495 e. The molecular weight excluding hydrogens is 344 g/mol. The highest BCUT2D eigenvalue weighted by Gasteiger charge is 2.25. The summed E-state index contributed by atoms with van der Waals surface area (Å²) in [6.07, 6.45) is 7.19. The Labute approximate surface area is 167 Å². The van der Waals surface area contributed by atoms with Crippen molar-refractivity contribution in [3.05, 3.63) is 71.4 Å². The monoisotopic (exact) mass is 372 g/mol. The van der Waals surface area contributed by atoms with E-state index < -0.39 is 0 Å². The Balaban J connectivity index is 1.28. The van der Waals surface area contributed by atoms with Gasteiger partial charge in [0.05, 0.1) is 12.6 Å². The van der Waals surface area contributed by atoms with Gasteiger partial charge in [-0.25, -0.2) is 0 Å². The quantitative estimate of drug-likeness (QED) is 0.692. The molecule has 3 heteroatoms. The van der Waals surface area contributed by atoms with Gasteiger partial charge in [-0.2, -0.15) is 0 Å². The van der Waals surface area contributed by atoms with Gasteiger partial charge in [-0.05, 0) is 54.4 Å². The number of rotatable bonds is 4. The first-order valence-electron chi connectivity index (χ1n) is 10.4. The number of aryl methyl sites for hydroxylation is 1. The lowest BCUT2D eigenvalue weighted by molar-refractivity contribution is 0.238. The Bertz CT molecular complexity index is 1000. The zero-order valence-corrected chi connectivity index (χ0v) is 16.6. The lowest BCUT2D eigenvalue weighted by Crippen LogP contribution is -2.35. The van der Waals surface area contributed by atoms with Crippen molar-refractivity contribution < 1.29 is 4.74 Å². The normalized spacial score (nSPS) is 20.0. The van der Waals surface area contributed by atoms with Crippen molar-refractivity contribution in [1.82, 2.24) is 9.88 Å². The summed E-state index contributed by atoms with van der Waals surface area (Å²) in [6, 6.07) is 17.2. The Kier molecular flexibility index (Phi) is 4.69. The van der Waals surface area contributed by atoms with Crippen molar-refractivity contribution in [3.8, 4) is 5.75 Å². The molecule has 1 N–H and O–H groups in total. The standard InChI is InChI=1S/C25H28N2O/c1-28-24-9-5-8-21-22-16-18(10-11-23(22)26-25(21)24)17-27-14-12-20(13-15-27)19-6-3-2-4-7-19/h2-9,12,18,26H,10-11,13-17H2,1H3. The Morgan fingerprint density at radius 2 is 1.96 bits per heavy atom. The molecule has 0 amide bonds. The molecule has 0 fully saturated rings. The molecule has 5 rings (SSSR count). The summed E-state index contributed by atoms with van der Waals surface area (Å²) in [4.78, 5) is 6.27. The van der Waals surface area contributed by atoms with E-state index in [2.05, 4.69) is 58.4 Å². The number of nitrogens with one attached hydrogen (secondary N) is 1. The van der Waals surface area contributed by atoms with E-state index in [-0.39, 0.29) is 0 Å². The van der Waals surface area contributed by atoms with Crippen LogP contribution in [0.3, 0.4) is 0 Å². The summed E-state index contributed by atoms with van der Waals surface area (Å²) >= 11 is 0. The average molecular weight is 373 g/mol. The van der Waals surface area contributed by atoms with Gasteiger partial charge in [-0.3, -0.25) is 4.90 Å². The number of para-hydroxylation sites is 1. The second-order valence-electron chi connectivity index (χ2n) is 8.18. The van der Waals surface area contributed by atoms with Gasteiger partial charge < -0.3 is 9.72 Å². The number of nitrogens with zero attached hydrogens (tertiary/aromatic N) is 1. The lowest BCUT2D eigenvalue weighted by atomic mass is 9.85. The van der Waals surface area contributed by atoms with E-state index in [4.69, 9.17) is 4.74 Å². The molecule has 3 nitrogen and oxygen atoms in total. The van der Waals surface area contributed by atoms with Crippen LogP contribution in [0.5, 0.6) is 5.75 Å². The van der Waals surface area contributed by atoms with Gasteiger partial charge in [0.15, 0.2) is 0 Å². The van der Waals surface area contributed by atoms with Crippen LogP contribution >= 0.6 is 0 Å². The molecule has 28 heavy (non-hydrogen) atoms. The Hall–Kier alpha value is -2.52.